The van der Waals surface area contributed by atoms with Crippen molar-refractivity contribution in [2.45, 2.75) is 4.90 Å². The molecular formula is C18H13ClN2OS2. The molecule has 0 saturated carbocycles. The number of nitrogens with one attached hydrogen (secondary N) is 1. The minimum Gasteiger partial charge on any atom is -0.285 e. The van der Waals surface area contributed by atoms with E-state index in [-0.39, 0.29) is 5.78 Å². The number of carbonyl (C=O) groups is 1. The molecule has 0 radical (unpaired) electrons. The second-order valence-corrected chi connectivity index (χ2v) is 7.20. The average Bonchev–Trinajstić information content (AvgIpc) is 3.15. The molecule has 0 fully saturated rings. The Morgan fingerprint density at radius 2 is 1.75 bits per heavy atom. The number of anilines is 1. The van der Waals surface area contributed by atoms with E-state index >= 15 is 0 Å². The van der Waals surface area contributed by atoms with Crippen LogP contribution in [-0.4, -0.2) is 10.8 Å². The Hall–Kier alpha value is -2.08. The molecule has 2 aromatic carbocycles. The van der Waals surface area contributed by atoms with Crippen molar-refractivity contribution in [3.05, 3.63) is 82.0 Å². The Morgan fingerprint density at radius 1 is 1.00 bits per heavy atom. The van der Waals surface area contributed by atoms with Crippen LogP contribution in [0.3, 0.4) is 0 Å². The maximum Gasteiger partial charge on any atom is 0.229 e. The molecule has 3 nitrogen and oxygen atoms in total. The number of hydrogen-bond donors (Lipinski definition) is 1. The molecule has 0 aliphatic carbocycles. The van der Waals surface area contributed by atoms with Gasteiger partial charge in [-0.2, -0.15) is 5.10 Å². The number of nitrogens with zero attached hydrogens (tertiary/aromatic N) is 1. The highest BCUT2D eigenvalue weighted by Gasteiger charge is 2.17. The van der Waals surface area contributed by atoms with Crippen LogP contribution in [0.1, 0.15) is 9.67 Å². The zero-order chi connectivity index (χ0) is 16.8. The summed E-state index contributed by atoms with van der Waals surface area (Å²) in [6.07, 6.45) is 0. The first-order chi connectivity index (χ1) is 11.7. The van der Waals surface area contributed by atoms with Gasteiger partial charge in [0.25, 0.3) is 0 Å². The molecule has 0 aliphatic rings. The summed E-state index contributed by atoms with van der Waals surface area (Å²) in [6, 6.07) is 20.5. The molecule has 3 rings (SSSR count). The van der Waals surface area contributed by atoms with E-state index in [1.54, 1.807) is 18.2 Å². The number of thiophene rings is 1. The first kappa shape index (κ1) is 16.8. The third kappa shape index (κ3) is 4.47. The smallest absolute Gasteiger partial charge is 0.229 e. The van der Waals surface area contributed by atoms with E-state index in [0.29, 0.717) is 14.9 Å². The van der Waals surface area contributed by atoms with Gasteiger partial charge in [-0.15, -0.1) is 11.3 Å². The summed E-state index contributed by atoms with van der Waals surface area (Å²) in [6.45, 7) is 0. The molecule has 24 heavy (non-hydrogen) atoms. The van der Waals surface area contributed by atoms with E-state index in [1.165, 1.54) is 23.1 Å². The van der Waals surface area contributed by atoms with E-state index in [9.17, 15) is 4.79 Å². The Balaban J connectivity index is 1.85. The molecule has 0 bridgehead atoms. The molecular weight excluding hydrogens is 360 g/mol. The molecule has 1 heterocycles. The molecule has 1 aromatic heterocycles. The Bertz CT molecular complexity index is 831. The lowest BCUT2D eigenvalue weighted by Gasteiger charge is -2.06. The predicted octanol–water partition coefficient (Wildman–Crippen LogP) is 5.80. The Labute approximate surface area is 153 Å². The van der Waals surface area contributed by atoms with Crippen LogP contribution in [-0.2, 0) is 0 Å². The van der Waals surface area contributed by atoms with E-state index < -0.39 is 0 Å². The molecule has 0 spiro atoms. The highest BCUT2D eigenvalue weighted by atomic mass is 35.5. The number of rotatable bonds is 5. The third-order valence-corrected chi connectivity index (χ3v) is 5.13. The van der Waals surface area contributed by atoms with Gasteiger partial charge in [0.15, 0.2) is 5.04 Å². The standard InChI is InChI=1S/C18H13ClN2OS2/c19-13-8-10-15(11-9-13)24-18(17(22)16-7-4-12-23-16)21-20-14-5-2-1-3-6-14/h1-12,20H. The normalized spacial score (nSPS) is 11.3. The molecule has 6 heteroatoms. The molecule has 0 amide bonds. The monoisotopic (exact) mass is 372 g/mol. The molecule has 1 N–H and O–H groups in total. The lowest BCUT2D eigenvalue weighted by atomic mass is 10.3. The molecule has 0 saturated heterocycles. The largest absolute Gasteiger partial charge is 0.285 e. The number of hydrazone groups is 1. The van der Waals surface area contributed by atoms with E-state index in [1.807, 2.05) is 53.9 Å². The molecule has 0 atom stereocenters. The number of Topliss-reactive ketones (excluding diaryl/α,β-unsaturated/α-hetero) is 1. The number of ketones is 1. The zero-order valence-corrected chi connectivity index (χ0v) is 14.9. The van der Waals surface area contributed by atoms with E-state index in [0.717, 1.165) is 10.6 Å². The summed E-state index contributed by atoms with van der Waals surface area (Å²) in [4.78, 5) is 14.2. The van der Waals surface area contributed by atoms with Crippen molar-refractivity contribution in [2.75, 3.05) is 5.43 Å². The number of halogens is 1. The summed E-state index contributed by atoms with van der Waals surface area (Å²) in [7, 11) is 0. The van der Waals surface area contributed by atoms with Crippen LogP contribution in [0.15, 0.2) is 82.1 Å². The summed E-state index contributed by atoms with van der Waals surface area (Å²) >= 11 is 8.63. The number of carbonyl (C=O) groups excluding carboxylic acids is 1. The summed E-state index contributed by atoms with van der Waals surface area (Å²) in [5.41, 5.74) is 3.77. The first-order valence-corrected chi connectivity index (χ1v) is 9.20. The van der Waals surface area contributed by atoms with Gasteiger partial charge in [-0.3, -0.25) is 10.2 Å². The van der Waals surface area contributed by atoms with Gasteiger partial charge >= 0.3 is 0 Å². The Kier molecular flexibility index (Phi) is 5.69. The summed E-state index contributed by atoms with van der Waals surface area (Å²) in [5.74, 6) is -0.103. The average molecular weight is 373 g/mol. The minimum atomic E-state index is -0.103. The number of hydrogen-bond acceptors (Lipinski definition) is 5. The summed E-state index contributed by atoms with van der Waals surface area (Å²) < 4.78 is 0. The van der Waals surface area contributed by atoms with Gasteiger partial charge in [-0.1, -0.05) is 47.6 Å². The zero-order valence-electron chi connectivity index (χ0n) is 12.5. The highest BCUT2D eigenvalue weighted by Crippen LogP contribution is 2.25. The van der Waals surface area contributed by atoms with Gasteiger partial charge in [0, 0.05) is 9.92 Å². The molecule has 120 valence electrons. The van der Waals surface area contributed by atoms with Crippen LogP contribution in [0.25, 0.3) is 0 Å². The van der Waals surface area contributed by atoms with Crippen LogP contribution in [0, 0.1) is 0 Å². The van der Waals surface area contributed by atoms with Gasteiger partial charge in [0.2, 0.25) is 5.78 Å². The van der Waals surface area contributed by atoms with Crippen LogP contribution in [0.5, 0.6) is 0 Å². The van der Waals surface area contributed by atoms with Crippen molar-refractivity contribution < 1.29 is 4.79 Å². The van der Waals surface area contributed by atoms with Crippen molar-refractivity contribution in [3.8, 4) is 0 Å². The van der Waals surface area contributed by atoms with Gasteiger partial charge in [0.1, 0.15) is 0 Å². The maximum atomic E-state index is 12.7. The molecule has 3 aromatic rings. The van der Waals surface area contributed by atoms with Crippen LogP contribution < -0.4 is 5.43 Å². The SMILES string of the molecule is O=C(C(=NNc1ccccc1)Sc1ccc(Cl)cc1)c1cccs1. The van der Waals surface area contributed by atoms with E-state index in [4.69, 9.17) is 11.6 Å². The topological polar surface area (TPSA) is 41.5 Å². The maximum absolute atomic E-state index is 12.7. The lowest BCUT2D eigenvalue weighted by Crippen LogP contribution is -2.11. The third-order valence-electron chi connectivity index (χ3n) is 3.03. The van der Waals surface area contributed by atoms with Crippen LogP contribution in [0.4, 0.5) is 5.69 Å². The van der Waals surface area contributed by atoms with Crippen molar-refractivity contribution in [3.63, 3.8) is 0 Å². The second kappa shape index (κ2) is 8.15. The molecule has 0 aliphatic heterocycles. The number of thioether (sulfide) groups is 1. The quantitative estimate of drug-likeness (QED) is 0.202. The first-order valence-electron chi connectivity index (χ1n) is 7.13. The fraction of sp³-hybridized carbons (Fsp3) is 0. The fourth-order valence-electron chi connectivity index (χ4n) is 1.88. The Morgan fingerprint density at radius 3 is 2.42 bits per heavy atom. The van der Waals surface area contributed by atoms with Gasteiger partial charge in [-0.25, -0.2) is 0 Å². The van der Waals surface area contributed by atoms with Crippen molar-refractivity contribution in [1.82, 2.24) is 0 Å². The predicted molar refractivity (Wildman–Crippen MR) is 103 cm³/mol. The van der Waals surface area contributed by atoms with Gasteiger partial charge < -0.3 is 0 Å². The van der Waals surface area contributed by atoms with Crippen molar-refractivity contribution in [2.24, 2.45) is 5.10 Å². The van der Waals surface area contributed by atoms with Crippen molar-refractivity contribution in [1.29, 1.82) is 0 Å². The van der Waals surface area contributed by atoms with Gasteiger partial charge in [0.05, 0.1) is 10.6 Å². The highest BCUT2D eigenvalue weighted by molar-refractivity contribution is 8.15. The van der Waals surface area contributed by atoms with Crippen LogP contribution >= 0.6 is 34.7 Å². The minimum absolute atomic E-state index is 0.103. The van der Waals surface area contributed by atoms with Crippen LogP contribution in [0.2, 0.25) is 5.02 Å². The molecule has 0 unspecified atom stereocenters. The number of para-hydroxylation sites is 1. The van der Waals surface area contributed by atoms with Gasteiger partial charge in [-0.05, 0) is 47.8 Å². The lowest BCUT2D eigenvalue weighted by molar-refractivity contribution is 0.107. The number of benzene rings is 2. The van der Waals surface area contributed by atoms with Crippen molar-refractivity contribution >= 4 is 51.2 Å². The summed E-state index contributed by atoms with van der Waals surface area (Å²) in [5, 5.41) is 7.23. The fourth-order valence-corrected chi connectivity index (χ4v) is 3.52. The second-order valence-electron chi connectivity index (χ2n) is 4.76. The van der Waals surface area contributed by atoms with E-state index in [2.05, 4.69) is 10.5 Å².